The van der Waals surface area contributed by atoms with Gasteiger partial charge in [-0.1, -0.05) is 97.1 Å². The van der Waals surface area contributed by atoms with Gasteiger partial charge in [0.15, 0.2) is 17.3 Å². The molecule has 0 aromatic heterocycles. The highest BCUT2D eigenvalue weighted by molar-refractivity contribution is 6.22. The number of phenols is 2. The van der Waals surface area contributed by atoms with E-state index in [1.54, 1.807) is 121 Å². The van der Waals surface area contributed by atoms with Gasteiger partial charge >= 0.3 is 0 Å². The minimum absolute atomic E-state index is 0.0358. The number of hydrogen-bond donors (Lipinski definition) is 4. The van der Waals surface area contributed by atoms with Crippen LogP contribution in [0.15, 0.2) is 178 Å². The molecule has 2 amide bonds. The first kappa shape index (κ1) is 35.4. The van der Waals surface area contributed by atoms with Crippen molar-refractivity contribution in [1.82, 2.24) is 0 Å². The highest BCUT2D eigenvalue weighted by Crippen LogP contribution is 2.44. The van der Waals surface area contributed by atoms with Gasteiger partial charge in [0.25, 0.3) is 11.8 Å². The second-order valence-corrected chi connectivity index (χ2v) is 13.5. The van der Waals surface area contributed by atoms with Crippen LogP contribution in [0.2, 0.25) is 0 Å². The number of nitrogens with one attached hydrogen (secondary N) is 2. The van der Waals surface area contributed by atoms with Crippen LogP contribution in [0.4, 0.5) is 34.1 Å². The number of aromatic hydroxyl groups is 2. The van der Waals surface area contributed by atoms with Gasteiger partial charge in [-0.15, -0.1) is 10.2 Å². The number of carbonyl (C=O) groups is 3. The molecule has 11 nitrogen and oxygen atoms in total. The number of azo groups is 2. The Kier molecular flexibility index (Phi) is 8.99. The summed E-state index contributed by atoms with van der Waals surface area (Å²) in [6.45, 7) is 0. The van der Waals surface area contributed by atoms with Gasteiger partial charge < -0.3 is 20.8 Å². The summed E-state index contributed by atoms with van der Waals surface area (Å²) in [5, 5.41) is 48.4. The number of amides is 2. The van der Waals surface area contributed by atoms with Crippen molar-refractivity contribution >= 4 is 73.3 Å². The molecule has 0 saturated carbocycles. The molecule has 11 heteroatoms. The number of ketones is 1. The van der Waals surface area contributed by atoms with Crippen molar-refractivity contribution < 1.29 is 24.6 Å². The zero-order chi connectivity index (χ0) is 39.8. The van der Waals surface area contributed by atoms with Crippen LogP contribution in [0, 0.1) is 0 Å². The van der Waals surface area contributed by atoms with E-state index in [1.807, 2.05) is 36.4 Å². The molecule has 278 valence electrons. The van der Waals surface area contributed by atoms with Gasteiger partial charge in [0.05, 0.1) is 22.5 Å². The summed E-state index contributed by atoms with van der Waals surface area (Å²) in [6, 6.07) is 45.8. The molecular weight excluding hydrogens is 729 g/mol. The third-order valence-electron chi connectivity index (χ3n) is 9.86. The Balaban J connectivity index is 0.997. The van der Waals surface area contributed by atoms with Gasteiger partial charge in [0.2, 0.25) is 0 Å². The van der Waals surface area contributed by atoms with Crippen molar-refractivity contribution in [3.05, 3.63) is 180 Å². The first-order valence-corrected chi connectivity index (χ1v) is 18.2. The van der Waals surface area contributed by atoms with E-state index in [9.17, 15) is 24.6 Å². The van der Waals surface area contributed by atoms with Crippen LogP contribution in [0.5, 0.6) is 11.5 Å². The van der Waals surface area contributed by atoms with Crippen LogP contribution >= 0.6 is 0 Å². The highest BCUT2D eigenvalue weighted by atomic mass is 16.3. The Hall–Kier alpha value is -8.31. The molecule has 0 atom stereocenters. The van der Waals surface area contributed by atoms with Crippen LogP contribution in [0.1, 0.15) is 36.6 Å². The molecule has 9 rings (SSSR count). The molecule has 0 bridgehead atoms. The molecule has 8 aromatic rings. The van der Waals surface area contributed by atoms with Crippen LogP contribution in [-0.2, 0) is 0 Å². The molecule has 0 radical (unpaired) electrons. The van der Waals surface area contributed by atoms with Crippen molar-refractivity contribution in [2.75, 3.05) is 10.6 Å². The maximum Gasteiger partial charge on any atom is 0.259 e. The molecule has 0 unspecified atom stereocenters. The van der Waals surface area contributed by atoms with Gasteiger partial charge in [-0.25, -0.2) is 0 Å². The topological polar surface area (TPSA) is 165 Å². The third kappa shape index (κ3) is 6.58. The third-order valence-corrected chi connectivity index (χ3v) is 9.86. The number of hydrogen-bond acceptors (Lipinski definition) is 9. The summed E-state index contributed by atoms with van der Waals surface area (Å²) in [7, 11) is 0. The number of rotatable bonds is 8. The number of benzene rings is 8. The zero-order valence-corrected chi connectivity index (χ0v) is 30.4. The van der Waals surface area contributed by atoms with Crippen LogP contribution < -0.4 is 10.6 Å². The molecule has 0 spiro atoms. The number of fused-ring (bicyclic) bond motifs is 5. The predicted octanol–water partition coefficient (Wildman–Crippen LogP) is 12.0. The fourth-order valence-electron chi connectivity index (χ4n) is 7.02. The van der Waals surface area contributed by atoms with E-state index in [4.69, 9.17) is 0 Å². The van der Waals surface area contributed by atoms with Crippen molar-refractivity contribution in [2.24, 2.45) is 20.5 Å². The minimum Gasteiger partial charge on any atom is -0.505 e. The second kappa shape index (κ2) is 14.7. The molecule has 1 aliphatic rings. The van der Waals surface area contributed by atoms with Crippen molar-refractivity contribution in [3.63, 3.8) is 0 Å². The SMILES string of the molecule is O=C1c2cc(N=Nc3c(O)c(C(=O)Nc4ccccc4)cc4ccccc34)ccc2-c2ccc(N=Nc3c(O)c(C(=O)Nc4ccccc4)cc4ccccc34)cc21. The van der Waals surface area contributed by atoms with E-state index >= 15 is 0 Å². The van der Waals surface area contributed by atoms with Gasteiger partial charge in [0, 0.05) is 33.3 Å². The van der Waals surface area contributed by atoms with Crippen LogP contribution in [-0.4, -0.2) is 27.8 Å². The number of anilines is 2. The van der Waals surface area contributed by atoms with Crippen LogP contribution in [0.25, 0.3) is 32.7 Å². The normalized spacial score (nSPS) is 12.0. The number of phenolic OH excluding ortho intramolecular Hbond substituents is 2. The van der Waals surface area contributed by atoms with E-state index in [0.29, 0.717) is 66.5 Å². The van der Waals surface area contributed by atoms with Crippen LogP contribution in [0.3, 0.4) is 0 Å². The number of para-hydroxylation sites is 2. The molecule has 0 heterocycles. The van der Waals surface area contributed by atoms with E-state index in [2.05, 4.69) is 31.1 Å². The summed E-state index contributed by atoms with van der Waals surface area (Å²) in [4.78, 5) is 40.3. The lowest BCUT2D eigenvalue weighted by Gasteiger charge is -2.11. The molecule has 0 saturated heterocycles. The quantitative estimate of drug-likeness (QED) is 0.113. The Labute approximate surface area is 330 Å². The van der Waals surface area contributed by atoms with Gasteiger partial charge in [0.1, 0.15) is 11.4 Å². The van der Waals surface area contributed by atoms with Gasteiger partial charge in [-0.3, -0.25) is 14.4 Å². The Morgan fingerprint density at radius 1 is 0.431 bits per heavy atom. The fraction of sp³-hybridized carbons (Fsp3) is 0. The smallest absolute Gasteiger partial charge is 0.259 e. The van der Waals surface area contributed by atoms with Gasteiger partial charge in [-0.05, 0) is 82.6 Å². The highest BCUT2D eigenvalue weighted by Gasteiger charge is 2.28. The maximum atomic E-state index is 13.8. The first-order chi connectivity index (χ1) is 28.3. The maximum absolute atomic E-state index is 13.8. The Morgan fingerprint density at radius 2 is 0.828 bits per heavy atom. The lowest BCUT2D eigenvalue weighted by atomic mass is 10.0. The lowest BCUT2D eigenvalue weighted by Crippen LogP contribution is -2.12. The summed E-state index contributed by atoms with van der Waals surface area (Å²) < 4.78 is 0. The Bertz CT molecular complexity index is 2830. The Morgan fingerprint density at radius 3 is 1.26 bits per heavy atom. The van der Waals surface area contributed by atoms with Crippen molar-refractivity contribution in [3.8, 4) is 22.6 Å². The standard InChI is InChI=1S/C47H30N6O5/c54-43-37-25-31(50-52-41-33-17-9-7-11-27(33)23-39(44(41)55)46(57)48-29-13-3-1-4-14-29)19-21-35(37)36-22-20-32(26-38(36)43)51-53-42-34-18-10-8-12-28(34)24-40(45(42)56)47(58)49-30-15-5-2-6-16-30/h1-26,55-56H,(H,48,57)(H,49,58). The summed E-state index contributed by atoms with van der Waals surface area (Å²) in [5.41, 5.74) is 4.40. The predicted molar refractivity (Wildman–Crippen MR) is 224 cm³/mol. The molecule has 0 fully saturated rings. The number of nitrogens with zero attached hydrogens (tertiary/aromatic N) is 4. The van der Waals surface area contributed by atoms with Crippen molar-refractivity contribution in [2.45, 2.75) is 0 Å². The molecule has 1 aliphatic carbocycles. The van der Waals surface area contributed by atoms with Gasteiger partial charge in [-0.2, -0.15) is 10.2 Å². The largest absolute Gasteiger partial charge is 0.505 e. The number of carbonyl (C=O) groups excluding carboxylic acids is 3. The summed E-state index contributed by atoms with van der Waals surface area (Å²) in [6.07, 6.45) is 0. The molecule has 4 N–H and O–H groups in total. The first-order valence-electron chi connectivity index (χ1n) is 18.2. The van der Waals surface area contributed by atoms with E-state index in [0.717, 1.165) is 0 Å². The van der Waals surface area contributed by atoms with E-state index in [1.165, 1.54) is 0 Å². The fourth-order valence-corrected chi connectivity index (χ4v) is 7.02. The van der Waals surface area contributed by atoms with E-state index in [-0.39, 0.29) is 39.8 Å². The molecule has 58 heavy (non-hydrogen) atoms. The molecular formula is C47H30N6O5. The zero-order valence-electron chi connectivity index (χ0n) is 30.4. The second-order valence-electron chi connectivity index (χ2n) is 13.5. The van der Waals surface area contributed by atoms with Crippen molar-refractivity contribution in [1.29, 1.82) is 0 Å². The average molecular weight is 759 g/mol. The average Bonchev–Trinajstić information content (AvgIpc) is 3.53. The summed E-state index contributed by atoms with van der Waals surface area (Å²) >= 11 is 0. The molecule has 0 aliphatic heterocycles. The molecule has 8 aromatic carbocycles. The lowest BCUT2D eigenvalue weighted by molar-refractivity contribution is 0.101. The summed E-state index contributed by atoms with van der Waals surface area (Å²) in [5.74, 6) is -1.91. The van der Waals surface area contributed by atoms with E-state index < -0.39 is 11.8 Å². The minimum atomic E-state index is -0.504. The monoisotopic (exact) mass is 758 g/mol.